The molecule has 0 spiro atoms. The van der Waals surface area contributed by atoms with Crippen LogP contribution < -0.4 is 0 Å². The zero-order valence-corrected chi connectivity index (χ0v) is 24.1. The van der Waals surface area contributed by atoms with Crippen molar-refractivity contribution in [1.82, 2.24) is 0 Å². The molecule has 1 aliphatic rings. The Morgan fingerprint density at radius 3 is 1.74 bits per heavy atom. The van der Waals surface area contributed by atoms with Gasteiger partial charge in [0.2, 0.25) is 6.36 Å². The fraction of sp³-hybridized carbons (Fsp3) is 0.750. The van der Waals surface area contributed by atoms with E-state index in [0.717, 1.165) is 4.90 Å². The maximum atomic E-state index is 15.4. The first-order valence-electron chi connectivity index (χ1n) is 11.3. The van der Waals surface area contributed by atoms with Gasteiger partial charge in [0, 0.05) is 4.90 Å². The molecule has 178 valence electrons. The van der Waals surface area contributed by atoms with Crippen LogP contribution in [0.5, 0.6) is 0 Å². The Bertz CT molecular complexity index is 716. The van der Waals surface area contributed by atoms with E-state index in [1.165, 1.54) is 11.8 Å². The Balaban J connectivity index is 2.46. The second-order valence-electron chi connectivity index (χ2n) is 11.8. The molecule has 1 aromatic carbocycles. The van der Waals surface area contributed by atoms with Crippen molar-refractivity contribution in [2.75, 3.05) is 0 Å². The molecule has 3 nitrogen and oxygen atoms in total. The predicted octanol–water partition coefficient (Wildman–Crippen LogP) is 7.64. The summed E-state index contributed by atoms with van der Waals surface area (Å²) in [4.78, 5) is 1.02. The third kappa shape index (κ3) is 6.45. The van der Waals surface area contributed by atoms with Crippen molar-refractivity contribution >= 4 is 28.4 Å². The van der Waals surface area contributed by atoms with Crippen molar-refractivity contribution in [3.63, 3.8) is 0 Å². The van der Waals surface area contributed by atoms with Crippen LogP contribution in [-0.2, 0) is 13.6 Å². The maximum absolute atomic E-state index is 15.4. The van der Waals surface area contributed by atoms with Gasteiger partial charge in [0.05, 0.1) is 23.6 Å². The summed E-state index contributed by atoms with van der Waals surface area (Å²) in [5.41, 5.74) is 0. The Morgan fingerprint density at radius 1 is 0.839 bits per heavy atom. The lowest BCUT2D eigenvalue weighted by Gasteiger charge is -2.51. The molecule has 0 aromatic heterocycles. The Morgan fingerprint density at radius 2 is 1.29 bits per heavy atom. The van der Waals surface area contributed by atoms with Crippen molar-refractivity contribution in [2.24, 2.45) is 0 Å². The van der Waals surface area contributed by atoms with E-state index >= 15 is 4.39 Å². The van der Waals surface area contributed by atoms with E-state index < -0.39 is 28.2 Å². The topological polar surface area (TPSA) is 27.7 Å². The van der Waals surface area contributed by atoms with Gasteiger partial charge in [0.1, 0.15) is 0 Å². The Hall–Kier alpha value is -0.186. The van der Waals surface area contributed by atoms with Crippen molar-refractivity contribution in [3.8, 4) is 0 Å². The minimum Gasteiger partial charge on any atom is -0.410 e. The Labute approximate surface area is 196 Å². The molecule has 1 aromatic rings. The molecule has 31 heavy (non-hydrogen) atoms. The first kappa shape index (κ1) is 27.1. The fourth-order valence-corrected chi connectivity index (χ4v) is 6.99. The molecule has 1 fully saturated rings. The third-order valence-corrected chi connectivity index (χ3v) is 17.4. The number of alkyl halides is 1. The van der Waals surface area contributed by atoms with Gasteiger partial charge in [0.25, 0.3) is 0 Å². The highest BCUT2D eigenvalue weighted by Crippen LogP contribution is 2.46. The molecule has 0 radical (unpaired) electrons. The van der Waals surface area contributed by atoms with Crippen molar-refractivity contribution < 1.29 is 18.0 Å². The molecule has 2 rings (SSSR count). The number of hydrogen-bond donors (Lipinski definition) is 0. The van der Waals surface area contributed by atoms with E-state index in [4.69, 9.17) is 13.6 Å². The monoisotopic (exact) mass is 486 g/mol. The zero-order chi connectivity index (χ0) is 23.8. The molecule has 5 atom stereocenters. The van der Waals surface area contributed by atoms with Gasteiger partial charge < -0.3 is 13.6 Å². The minimum absolute atomic E-state index is 0.0177. The van der Waals surface area contributed by atoms with E-state index in [0.29, 0.717) is 0 Å². The van der Waals surface area contributed by atoms with Crippen molar-refractivity contribution in [2.45, 2.75) is 120 Å². The number of ether oxygens (including phenoxy) is 1. The summed E-state index contributed by atoms with van der Waals surface area (Å²) in [5, 5.41) is -0.422. The molecular weight excluding hydrogens is 443 g/mol. The number of benzene rings is 1. The summed E-state index contributed by atoms with van der Waals surface area (Å²) in [7, 11) is -4.29. The first-order valence-corrected chi connectivity index (χ1v) is 18.0. The van der Waals surface area contributed by atoms with Gasteiger partial charge in [-0.2, -0.15) is 0 Å². The number of rotatable bonds is 6. The summed E-state index contributed by atoms with van der Waals surface area (Å²) in [5.74, 6) is 0. The van der Waals surface area contributed by atoms with Crippen molar-refractivity contribution in [1.29, 1.82) is 0 Å². The second kappa shape index (κ2) is 9.59. The molecule has 0 aliphatic carbocycles. The number of halogens is 1. The Kier molecular flexibility index (Phi) is 8.37. The van der Waals surface area contributed by atoms with Crippen LogP contribution in [0.3, 0.4) is 0 Å². The van der Waals surface area contributed by atoms with E-state index in [-0.39, 0.29) is 28.4 Å². The summed E-state index contributed by atoms with van der Waals surface area (Å²) >= 11 is 1.50. The van der Waals surface area contributed by atoms with E-state index in [1.54, 1.807) is 0 Å². The lowest BCUT2D eigenvalue weighted by molar-refractivity contribution is -0.186. The molecular formula is C24H43FO3SSi2. The zero-order valence-electron chi connectivity index (χ0n) is 21.3. The fourth-order valence-electron chi connectivity index (χ4n) is 3.07. The van der Waals surface area contributed by atoms with Crippen molar-refractivity contribution in [3.05, 3.63) is 30.3 Å². The average Bonchev–Trinajstić information content (AvgIpc) is 2.60. The molecule has 0 unspecified atom stereocenters. The number of hydrogen-bond acceptors (Lipinski definition) is 4. The molecule has 0 bridgehead atoms. The molecule has 1 aliphatic heterocycles. The lowest BCUT2D eigenvalue weighted by Crippen LogP contribution is -2.63. The smallest absolute Gasteiger partial charge is 0.214 e. The normalized spacial score (nSPS) is 28.6. The molecule has 1 saturated heterocycles. The summed E-state index contributed by atoms with van der Waals surface area (Å²) in [6, 6.07) is 9.97. The van der Waals surface area contributed by atoms with Gasteiger partial charge in [-0.05, 0) is 55.3 Å². The van der Waals surface area contributed by atoms with Crippen LogP contribution in [-0.4, -0.2) is 46.6 Å². The minimum atomic E-state index is -2.17. The van der Waals surface area contributed by atoms with Crippen LogP contribution >= 0.6 is 11.8 Å². The van der Waals surface area contributed by atoms with Crippen LogP contribution in [0, 0.1) is 0 Å². The van der Waals surface area contributed by atoms with Crippen LogP contribution in [0.15, 0.2) is 35.2 Å². The van der Waals surface area contributed by atoms with Crippen LogP contribution in [0.2, 0.25) is 36.3 Å². The quantitative estimate of drug-likeness (QED) is 0.386. The highest BCUT2D eigenvalue weighted by Gasteiger charge is 2.53. The van der Waals surface area contributed by atoms with E-state index in [1.807, 2.05) is 37.3 Å². The lowest BCUT2D eigenvalue weighted by atomic mass is 10.0. The molecule has 1 heterocycles. The second-order valence-corrected chi connectivity index (χ2v) is 22.5. The molecule has 0 N–H and O–H groups in total. The third-order valence-electron chi connectivity index (χ3n) is 7.20. The summed E-state index contributed by atoms with van der Waals surface area (Å²) in [6.07, 6.45) is -2.46. The molecule has 0 amide bonds. The average molecular weight is 487 g/mol. The van der Waals surface area contributed by atoms with Gasteiger partial charge in [-0.1, -0.05) is 59.7 Å². The van der Waals surface area contributed by atoms with Gasteiger partial charge >= 0.3 is 0 Å². The van der Waals surface area contributed by atoms with Gasteiger partial charge in [-0.3, -0.25) is 0 Å². The van der Waals surface area contributed by atoms with E-state index in [2.05, 4.69) is 67.7 Å². The summed E-state index contributed by atoms with van der Waals surface area (Å²) in [6.45, 7) is 24.2. The highest BCUT2D eigenvalue weighted by molar-refractivity contribution is 8.00. The first-order chi connectivity index (χ1) is 14.0. The molecule has 0 saturated carbocycles. The van der Waals surface area contributed by atoms with Crippen LogP contribution in [0.4, 0.5) is 4.39 Å². The standard InChI is InChI=1S/C24H43FO3SSi2/c1-17-19(27-30(8,9)23(2,3)4)20(28-31(10,11)24(5,6)7)21(22(25)26-17)29-18-15-13-12-14-16-18/h12-17,19-22H,1-11H3/t17-,19-,20+,21-,22+/m1/s1. The van der Waals surface area contributed by atoms with E-state index in [9.17, 15) is 0 Å². The highest BCUT2D eigenvalue weighted by atomic mass is 32.2. The van der Waals surface area contributed by atoms with Crippen LogP contribution in [0.1, 0.15) is 48.5 Å². The van der Waals surface area contributed by atoms with Gasteiger partial charge in [-0.25, -0.2) is 4.39 Å². The summed E-state index contributed by atoms with van der Waals surface area (Å²) < 4.78 is 35.0. The largest absolute Gasteiger partial charge is 0.410 e. The van der Waals surface area contributed by atoms with Gasteiger partial charge in [-0.15, -0.1) is 11.8 Å². The van der Waals surface area contributed by atoms with Gasteiger partial charge in [0.15, 0.2) is 16.6 Å². The molecule has 7 heteroatoms. The van der Waals surface area contributed by atoms with Crippen LogP contribution in [0.25, 0.3) is 0 Å². The SMILES string of the molecule is C[C@H]1O[C@H](F)[C@H](Sc2ccccc2)[C@@H](O[Si](C)(C)C(C)(C)C)[C@@H]1O[Si](C)(C)C(C)(C)C. The maximum Gasteiger partial charge on any atom is 0.214 e. The predicted molar refractivity (Wildman–Crippen MR) is 136 cm³/mol. The number of thioether (sulfide) groups is 1.